The van der Waals surface area contributed by atoms with E-state index in [1.54, 1.807) is 4.80 Å². The van der Waals surface area contributed by atoms with E-state index < -0.39 is 0 Å². The number of thioether (sulfide) groups is 1. The van der Waals surface area contributed by atoms with Gasteiger partial charge in [0.05, 0.1) is 0 Å². The number of allylic oxidation sites excluding steroid dienone is 1. The van der Waals surface area contributed by atoms with Gasteiger partial charge in [-0.1, -0.05) is 109 Å². The molecule has 0 aliphatic carbocycles. The molecule has 0 radical (unpaired) electrons. The normalized spacial score (nSPS) is 15.5. The Balaban J connectivity index is 5.26. The molecule has 0 rings (SSSR count). The minimum Gasteiger partial charge on any atom is -0.141 e. The lowest BCUT2D eigenvalue weighted by Gasteiger charge is -2.33. The van der Waals surface area contributed by atoms with E-state index in [1.807, 2.05) is 0 Å². The van der Waals surface area contributed by atoms with Crippen LogP contribution in [-0.4, -0.2) is 12.5 Å². The largest absolute Gasteiger partial charge is 0.190 e. The van der Waals surface area contributed by atoms with Gasteiger partial charge >= 0.3 is 0 Å². The molecule has 0 aromatic carbocycles. The van der Waals surface area contributed by atoms with Gasteiger partial charge in [0, 0.05) is 0 Å². The molecular formula is C20H41BS. The second-order valence-corrected chi connectivity index (χ2v) is 8.85. The zero-order valence-corrected chi connectivity index (χ0v) is 17.4. The van der Waals surface area contributed by atoms with Crippen molar-refractivity contribution in [2.75, 3.05) is 5.75 Å². The molecule has 0 aromatic rings. The fraction of sp³-hybridized carbons (Fsp3) is 0.900. The fourth-order valence-corrected chi connectivity index (χ4v) is 4.43. The number of hydrogen-bond donors (Lipinski definition) is 0. The second kappa shape index (κ2) is 12.6. The van der Waals surface area contributed by atoms with Crippen LogP contribution < -0.4 is 0 Å². The molecule has 0 fully saturated rings. The minimum atomic E-state index is 0.735. The highest BCUT2D eigenvalue weighted by Crippen LogP contribution is 2.40. The van der Waals surface area contributed by atoms with Gasteiger partial charge in [-0.15, -0.1) is 11.8 Å². The Morgan fingerprint density at radius 1 is 0.864 bits per heavy atom. The Hall–Kier alpha value is 0.155. The molecule has 0 saturated carbocycles. The van der Waals surface area contributed by atoms with Crippen LogP contribution in [0, 0.1) is 11.8 Å². The van der Waals surface area contributed by atoms with Crippen LogP contribution >= 0.6 is 11.8 Å². The van der Waals surface area contributed by atoms with Gasteiger partial charge in [-0.25, -0.2) is 0 Å². The summed E-state index contributed by atoms with van der Waals surface area (Å²) in [7, 11) is 0. The smallest absolute Gasteiger partial charge is 0.141 e. The molecule has 22 heavy (non-hydrogen) atoms. The van der Waals surface area contributed by atoms with Crippen LogP contribution in [-0.2, 0) is 0 Å². The van der Waals surface area contributed by atoms with Gasteiger partial charge < -0.3 is 0 Å². The third-order valence-electron chi connectivity index (χ3n) is 5.23. The van der Waals surface area contributed by atoms with Gasteiger partial charge in [-0.05, 0) is 18.6 Å². The molecule has 0 aliphatic heterocycles. The van der Waals surface area contributed by atoms with Crippen molar-refractivity contribution >= 4 is 18.5 Å². The summed E-state index contributed by atoms with van der Waals surface area (Å²) in [5, 5.41) is 0. The molecule has 130 valence electrons. The van der Waals surface area contributed by atoms with E-state index in [9.17, 15) is 0 Å². The Bertz CT molecular complexity index is 282. The lowest BCUT2D eigenvalue weighted by molar-refractivity contribution is 0.566. The number of unbranched alkanes of at least 4 members (excludes halogenated alkanes) is 3. The van der Waals surface area contributed by atoms with Crippen molar-refractivity contribution in [3.8, 4) is 0 Å². The van der Waals surface area contributed by atoms with Crippen LogP contribution in [0.2, 0.25) is 11.6 Å². The number of hydrogen-bond acceptors (Lipinski definition) is 1. The lowest BCUT2D eigenvalue weighted by Crippen LogP contribution is -2.31. The van der Waals surface area contributed by atoms with E-state index in [4.69, 9.17) is 0 Å². The van der Waals surface area contributed by atoms with E-state index >= 15 is 0 Å². The van der Waals surface area contributed by atoms with Crippen molar-refractivity contribution in [2.45, 2.75) is 99.1 Å². The van der Waals surface area contributed by atoms with Gasteiger partial charge in [0.15, 0.2) is 6.71 Å². The van der Waals surface area contributed by atoms with Gasteiger partial charge in [0.25, 0.3) is 0 Å². The molecule has 0 heterocycles. The summed E-state index contributed by atoms with van der Waals surface area (Å²) >= 11 is 2.16. The molecule has 0 spiro atoms. The van der Waals surface area contributed by atoms with E-state index in [0.717, 1.165) is 30.2 Å². The monoisotopic (exact) mass is 324 g/mol. The van der Waals surface area contributed by atoms with Gasteiger partial charge in [-0.3, -0.25) is 0 Å². The summed E-state index contributed by atoms with van der Waals surface area (Å²) in [5.74, 6) is 4.33. The molecule has 0 aromatic heterocycles. The van der Waals surface area contributed by atoms with Gasteiger partial charge in [0.2, 0.25) is 0 Å². The molecule has 2 heteroatoms. The van der Waals surface area contributed by atoms with Crippen molar-refractivity contribution < 1.29 is 0 Å². The predicted octanol–water partition coefficient (Wildman–Crippen LogP) is 7.72. The van der Waals surface area contributed by atoms with E-state index in [0.29, 0.717) is 0 Å². The van der Waals surface area contributed by atoms with Gasteiger partial charge in [0.1, 0.15) is 0 Å². The molecule has 0 N–H and O–H groups in total. The first kappa shape index (κ1) is 22.2. The molecule has 0 bridgehead atoms. The Labute approximate surface area is 146 Å². The lowest BCUT2D eigenvalue weighted by atomic mass is 9.31. The van der Waals surface area contributed by atoms with Crippen molar-refractivity contribution in [3.05, 3.63) is 10.9 Å². The van der Waals surface area contributed by atoms with Crippen LogP contribution in [0.4, 0.5) is 0 Å². The average molecular weight is 324 g/mol. The van der Waals surface area contributed by atoms with E-state index in [2.05, 4.69) is 73.2 Å². The van der Waals surface area contributed by atoms with Crippen molar-refractivity contribution in [1.29, 1.82) is 0 Å². The molecule has 0 amide bonds. The summed E-state index contributed by atoms with van der Waals surface area (Å²) in [6, 6.07) is 0. The SMILES string of the molecule is CCCC/C=C(\SCCCC)B(C(C)C(C)C)C(C)C(C)C. The highest BCUT2D eigenvalue weighted by Gasteiger charge is 2.34. The Morgan fingerprint density at radius 3 is 1.77 bits per heavy atom. The Kier molecular flexibility index (Phi) is 12.7. The summed E-state index contributed by atoms with van der Waals surface area (Å²) in [5.41, 5.74) is 0. The first-order valence-electron chi connectivity index (χ1n) is 9.69. The third-order valence-corrected chi connectivity index (χ3v) is 6.50. The quantitative estimate of drug-likeness (QED) is 0.261. The van der Waals surface area contributed by atoms with Crippen LogP contribution in [0.1, 0.15) is 87.5 Å². The van der Waals surface area contributed by atoms with Crippen LogP contribution in [0.25, 0.3) is 0 Å². The van der Waals surface area contributed by atoms with Crippen LogP contribution in [0.15, 0.2) is 10.9 Å². The summed E-state index contributed by atoms with van der Waals surface area (Å²) < 4.78 is 0. The molecular weight excluding hydrogens is 283 g/mol. The maximum atomic E-state index is 2.59. The highest BCUT2D eigenvalue weighted by atomic mass is 32.2. The topological polar surface area (TPSA) is 0 Å². The molecule has 2 atom stereocenters. The molecule has 0 saturated heterocycles. The van der Waals surface area contributed by atoms with Crippen LogP contribution in [0.3, 0.4) is 0 Å². The second-order valence-electron chi connectivity index (χ2n) is 7.68. The van der Waals surface area contributed by atoms with Crippen molar-refractivity contribution in [1.82, 2.24) is 0 Å². The van der Waals surface area contributed by atoms with Crippen molar-refractivity contribution in [2.24, 2.45) is 11.8 Å². The average Bonchev–Trinajstić information content (AvgIpc) is 2.46. The van der Waals surface area contributed by atoms with Crippen LogP contribution in [0.5, 0.6) is 0 Å². The molecule has 0 nitrogen and oxygen atoms in total. The third kappa shape index (κ3) is 8.13. The first-order chi connectivity index (χ1) is 10.4. The molecule has 0 aliphatic rings. The summed E-state index contributed by atoms with van der Waals surface area (Å²) in [6.07, 6.45) is 9.13. The Morgan fingerprint density at radius 2 is 1.36 bits per heavy atom. The highest BCUT2D eigenvalue weighted by molar-refractivity contribution is 8.05. The zero-order valence-electron chi connectivity index (χ0n) is 16.6. The zero-order chi connectivity index (χ0) is 17.1. The number of rotatable bonds is 12. The van der Waals surface area contributed by atoms with E-state index in [1.165, 1.54) is 37.9 Å². The maximum Gasteiger partial charge on any atom is 0.190 e. The summed E-state index contributed by atoms with van der Waals surface area (Å²) in [4.78, 5) is 1.70. The van der Waals surface area contributed by atoms with E-state index in [-0.39, 0.29) is 0 Å². The van der Waals surface area contributed by atoms with Gasteiger partial charge in [-0.2, -0.15) is 0 Å². The summed E-state index contributed by atoms with van der Waals surface area (Å²) in [6.45, 7) is 19.9. The first-order valence-corrected chi connectivity index (χ1v) is 10.7. The standard InChI is InChI=1S/C20H41BS/c1-9-11-13-14-20(22-15-12-10-2)21(18(7)16(3)4)19(8)17(5)6/h14,16-19H,9-13,15H2,1-8H3/b20-14-. The van der Waals surface area contributed by atoms with Crippen molar-refractivity contribution in [3.63, 3.8) is 0 Å². The maximum absolute atomic E-state index is 2.59. The molecule has 2 unspecified atom stereocenters. The fourth-order valence-electron chi connectivity index (χ4n) is 2.90. The minimum absolute atomic E-state index is 0.735. The predicted molar refractivity (Wildman–Crippen MR) is 109 cm³/mol.